The van der Waals surface area contributed by atoms with Gasteiger partial charge in [0.15, 0.2) is 0 Å². The van der Waals surface area contributed by atoms with Gasteiger partial charge in [-0.15, -0.1) is 0 Å². The molecule has 5 nitrogen and oxygen atoms in total. The first kappa shape index (κ1) is 21.4. The van der Waals surface area contributed by atoms with E-state index in [-0.39, 0.29) is 12.6 Å². The first-order chi connectivity index (χ1) is 12.9. The molecule has 0 unspecified atom stereocenters. The quantitative estimate of drug-likeness (QED) is 0.461. The number of nitrogens with one attached hydrogen (secondary N) is 1. The minimum atomic E-state index is -0.0380. The molecule has 2 rings (SSSR count). The fraction of sp³-hybridized carbons (Fsp3) is 0.263. The highest BCUT2D eigenvalue weighted by Crippen LogP contribution is 2.35. The van der Waals surface area contributed by atoms with E-state index in [2.05, 4.69) is 10.3 Å². The lowest BCUT2D eigenvalue weighted by Gasteiger charge is -2.27. The molecule has 8 heteroatoms. The van der Waals surface area contributed by atoms with Crippen LogP contribution in [-0.4, -0.2) is 36.0 Å². The molecule has 27 heavy (non-hydrogen) atoms. The van der Waals surface area contributed by atoms with Crippen molar-refractivity contribution >= 4 is 41.4 Å². The van der Waals surface area contributed by atoms with Crippen LogP contribution in [0.5, 0.6) is 5.75 Å². The number of halogens is 2. The summed E-state index contributed by atoms with van der Waals surface area (Å²) in [5, 5.41) is 4.93. The summed E-state index contributed by atoms with van der Waals surface area (Å²) >= 11 is 13.6. The van der Waals surface area contributed by atoms with Crippen LogP contribution in [0.15, 0.2) is 58.3 Å². The van der Waals surface area contributed by atoms with Crippen LogP contribution >= 0.6 is 35.0 Å². The van der Waals surface area contributed by atoms with Gasteiger partial charge in [0, 0.05) is 40.4 Å². The number of ether oxygens (including phenoxy) is 1. The van der Waals surface area contributed by atoms with E-state index in [9.17, 15) is 4.79 Å². The monoisotopic (exact) mass is 425 g/mol. The summed E-state index contributed by atoms with van der Waals surface area (Å²) in [6.07, 6.45) is 4.13. The molecule has 0 aliphatic rings. The molecule has 0 saturated heterocycles. The number of carbonyl (C=O) groups is 1. The topological polar surface area (TPSA) is 54.5 Å². The van der Waals surface area contributed by atoms with Gasteiger partial charge in [0.1, 0.15) is 17.4 Å². The molecule has 0 bridgehead atoms. The largest absolute Gasteiger partial charge is 0.487 e. The Morgan fingerprint density at radius 1 is 1.26 bits per heavy atom. The number of pyridine rings is 1. The molecule has 2 aromatic rings. The number of amides is 1. The van der Waals surface area contributed by atoms with Crippen molar-refractivity contribution in [3.63, 3.8) is 0 Å². The van der Waals surface area contributed by atoms with Crippen molar-refractivity contribution in [2.75, 3.05) is 13.7 Å². The zero-order valence-electron chi connectivity index (χ0n) is 15.3. The lowest BCUT2D eigenvalue weighted by Crippen LogP contribution is -2.31. The molecule has 0 aliphatic heterocycles. The molecule has 1 heterocycles. The summed E-state index contributed by atoms with van der Waals surface area (Å²) in [7, 11) is 1.79. The van der Waals surface area contributed by atoms with Crippen LogP contribution < -0.4 is 10.1 Å². The summed E-state index contributed by atoms with van der Waals surface area (Å²) in [5.74, 6) is 0.690. The fourth-order valence-electron chi connectivity index (χ4n) is 2.20. The first-order valence-electron chi connectivity index (χ1n) is 8.26. The van der Waals surface area contributed by atoms with Crippen molar-refractivity contribution in [1.82, 2.24) is 15.2 Å². The van der Waals surface area contributed by atoms with E-state index < -0.39 is 0 Å². The second kappa shape index (κ2) is 10.4. The Morgan fingerprint density at radius 3 is 2.41 bits per heavy atom. The second-order valence-corrected chi connectivity index (χ2v) is 7.75. The molecule has 0 radical (unpaired) electrons. The van der Waals surface area contributed by atoms with Gasteiger partial charge in [-0.2, -0.15) is 0 Å². The highest BCUT2D eigenvalue weighted by Gasteiger charge is 2.19. The number of benzene rings is 1. The molecule has 1 aromatic carbocycles. The number of aromatic nitrogens is 1. The zero-order chi connectivity index (χ0) is 19.8. The van der Waals surface area contributed by atoms with Crippen LogP contribution in [0.4, 0.5) is 0 Å². The highest BCUT2D eigenvalue weighted by atomic mass is 35.5. The smallest absolute Gasteiger partial charge is 0.214 e. The predicted molar refractivity (Wildman–Crippen MR) is 111 cm³/mol. The third-order valence-corrected chi connectivity index (χ3v) is 5.11. The summed E-state index contributed by atoms with van der Waals surface area (Å²) < 4.78 is 5.83. The normalized spacial score (nSPS) is 11.8. The van der Waals surface area contributed by atoms with E-state index in [0.717, 1.165) is 22.0 Å². The van der Waals surface area contributed by atoms with Crippen molar-refractivity contribution < 1.29 is 9.53 Å². The summed E-state index contributed by atoms with van der Waals surface area (Å²) in [5.41, 5.74) is 0.758. The number of likely N-dealkylation sites (N-methyl/N-ethyl adjacent to an activating group) is 1. The lowest BCUT2D eigenvalue weighted by molar-refractivity contribution is -0.117. The van der Waals surface area contributed by atoms with E-state index in [1.54, 1.807) is 54.7 Å². The molecule has 0 aliphatic carbocycles. The second-order valence-electron chi connectivity index (χ2n) is 5.82. The third kappa shape index (κ3) is 6.34. The highest BCUT2D eigenvalue weighted by molar-refractivity contribution is 8.03. The van der Waals surface area contributed by atoms with Crippen LogP contribution in [0.3, 0.4) is 0 Å². The van der Waals surface area contributed by atoms with Crippen LogP contribution in [0.2, 0.25) is 10.0 Å². The van der Waals surface area contributed by atoms with Gasteiger partial charge in [0.05, 0.1) is 5.70 Å². The van der Waals surface area contributed by atoms with Crippen LogP contribution in [0.25, 0.3) is 0 Å². The summed E-state index contributed by atoms with van der Waals surface area (Å²) in [6.45, 7) is 4.14. The Labute approximate surface area is 173 Å². The maximum atomic E-state index is 11.8. The van der Waals surface area contributed by atoms with Gasteiger partial charge < -0.3 is 15.0 Å². The van der Waals surface area contributed by atoms with Gasteiger partial charge >= 0.3 is 0 Å². The molecule has 0 spiro atoms. The van der Waals surface area contributed by atoms with E-state index in [4.69, 9.17) is 27.9 Å². The van der Waals surface area contributed by atoms with Gasteiger partial charge in [-0.25, -0.2) is 0 Å². The molecule has 1 N–H and O–H groups in total. The molecule has 1 aromatic heterocycles. The van der Waals surface area contributed by atoms with Crippen LogP contribution in [0, 0.1) is 0 Å². The molecular weight excluding hydrogens is 405 g/mol. The molecule has 0 fully saturated rings. The van der Waals surface area contributed by atoms with Gasteiger partial charge in [-0.1, -0.05) is 35.0 Å². The summed E-state index contributed by atoms with van der Waals surface area (Å²) in [4.78, 5) is 18.2. The van der Waals surface area contributed by atoms with E-state index in [0.29, 0.717) is 15.8 Å². The van der Waals surface area contributed by atoms with Crippen molar-refractivity contribution in [2.45, 2.75) is 24.8 Å². The maximum absolute atomic E-state index is 11.8. The number of nitrogens with zero attached hydrogens (tertiary/aromatic N) is 2. The number of hydrogen-bond acceptors (Lipinski definition) is 5. The summed E-state index contributed by atoms with van der Waals surface area (Å²) in [6, 6.07) is 8.79. The lowest BCUT2D eigenvalue weighted by atomic mass is 10.3. The van der Waals surface area contributed by atoms with Crippen molar-refractivity contribution in [1.29, 1.82) is 0 Å². The fourth-order valence-corrected chi connectivity index (χ4v) is 4.10. The maximum Gasteiger partial charge on any atom is 0.214 e. The zero-order valence-corrected chi connectivity index (χ0v) is 17.6. The van der Waals surface area contributed by atoms with Gasteiger partial charge in [0.25, 0.3) is 0 Å². The molecule has 1 amide bonds. The molecule has 0 saturated carbocycles. The van der Waals surface area contributed by atoms with E-state index in [1.807, 2.05) is 13.8 Å². The Morgan fingerprint density at radius 2 is 1.89 bits per heavy atom. The number of carbonyl (C=O) groups excluding carboxylic acids is 1. The minimum absolute atomic E-state index is 0.0380. The molecule has 0 atom stereocenters. The number of thioether (sulfide) groups is 1. The SMILES string of the molecule is CN/C(COc1ccncc1)=C(/Sc1cc(Cl)cc(Cl)c1)N(C=O)C(C)C. The Bertz CT molecular complexity index is 781. The van der Waals surface area contributed by atoms with Crippen molar-refractivity contribution in [3.05, 3.63) is 63.5 Å². The minimum Gasteiger partial charge on any atom is -0.487 e. The number of rotatable bonds is 9. The average Bonchev–Trinajstić information content (AvgIpc) is 2.62. The number of hydrogen-bond donors (Lipinski definition) is 1. The molecule has 144 valence electrons. The van der Waals surface area contributed by atoms with Gasteiger partial charge in [-0.05, 0) is 44.2 Å². The Balaban J connectivity index is 2.37. The van der Waals surface area contributed by atoms with E-state index in [1.165, 1.54) is 11.8 Å². The van der Waals surface area contributed by atoms with Crippen LogP contribution in [-0.2, 0) is 4.79 Å². The van der Waals surface area contributed by atoms with Crippen LogP contribution in [0.1, 0.15) is 13.8 Å². The van der Waals surface area contributed by atoms with Crippen molar-refractivity contribution in [3.8, 4) is 5.75 Å². The average molecular weight is 426 g/mol. The third-order valence-electron chi connectivity index (χ3n) is 3.55. The van der Waals surface area contributed by atoms with Gasteiger partial charge in [-0.3, -0.25) is 9.78 Å². The standard InChI is InChI=1S/C19H21Cl2N3O2S/c1-13(2)24(12-25)19(27-17-9-14(20)8-15(21)10-17)18(22-3)11-26-16-4-6-23-7-5-16/h4-10,12-13,22H,11H2,1-3H3/b19-18+. The van der Waals surface area contributed by atoms with Gasteiger partial charge in [0.2, 0.25) is 6.41 Å². The Kier molecular flexibility index (Phi) is 8.28. The van der Waals surface area contributed by atoms with E-state index >= 15 is 0 Å². The van der Waals surface area contributed by atoms with Crippen molar-refractivity contribution in [2.24, 2.45) is 0 Å². The first-order valence-corrected chi connectivity index (χ1v) is 9.83. The molecular formula is C19H21Cl2N3O2S. The predicted octanol–water partition coefficient (Wildman–Crippen LogP) is 4.81. The Hall–Kier alpha value is -1.89.